The van der Waals surface area contributed by atoms with Gasteiger partial charge in [-0.25, -0.2) is 0 Å². The molecule has 1 aromatic carbocycles. The van der Waals surface area contributed by atoms with Gasteiger partial charge in [0.2, 0.25) is 5.95 Å². The maximum atomic E-state index is 11.8. The molecule has 0 spiro atoms. The summed E-state index contributed by atoms with van der Waals surface area (Å²) in [5.41, 5.74) is 14.0. The fourth-order valence-corrected chi connectivity index (χ4v) is 2.87. The average Bonchev–Trinajstić information content (AvgIpc) is 2.68. The summed E-state index contributed by atoms with van der Waals surface area (Å²) in [5.74, 6) is -0.316. The summed E-state index contributed by atoms with van der Waals surface area (Å²) in [6.07, 6.45) is 1.75. The number of anilines is 3. The van der Waals surface area contributed by atoms with Crippen molar-refractivity contribution in [3.05, 3.63) is 41.7 Å². The molecule has 0 aliphatic heterocycles. The van der Waals surface area contributed by atoms with Crippen molar-refractivity contribution in [1.82, 2.24) is 20.2 Å². The molecule has 6 N–H and O–H groups in total. The Balaban J connectivity index is 1.92. The first-order valence-corrected chi connectivity index (χ1v) is 9.07. The molecule has 3 aromatic rings. The van der Waals surface area contributed by atoms with Crippen LogP contribution in [0.1, 0.15) is 23.0 Å². The summed E-state index contributed by atoms with van der Waals surface area (Å²) < 4.78 is 5.06. The molecule has 0 saturated carbocycles. The smallest absolute Gasteiger partial charge is 0.273 e. The molecule has 2 heterocycles. The zero-order valence-corrected chi connectivity index (χ0v) is 16.5. The van der Waals surface area contributed by atoms with E-state index in [0.29, 0.717) is 6.61 Å². The van der Waals surface area contributed by atoms with Crippen LogP contribution in [0.5, 0.6) is 0 Å². The Kier molecular flexibility index (Phi) is 6.15. The number of methoxy groups -OCH3 is 1. The number of hydrogen-bond donors (Lipinski definition) is 4. The van der Waals surface area contributed by atoms with E-state index in [0.717, 1.165) is 22.2 Å². The lowest BCUT2D eigenvalue weighted by atomic mass is 10.1. The number of benzene rings is 1. The minimum atomic E-state index is -0.734. The Hall–Kier alpha value is -3.37. The van der Waals surface area contributed by atoms with E-state index >= 15 is 0 Å². The van der Waals surface area contributed by atoms with Gasteiger partial charge in [-0.05, 0) is 37.6 Å². The SMILES string of the molecule is COC[C@H](N)[C@@H](C)Nc1nnc(C(N)=O)c(Nc2cc(C)c3ncccc3c2)n1. The van der Waals surface area contributed by atoms with Gasteiger partial charge in [-0.3, -0.25) is 9.78 Å². The number of nitrogens with two attached hydrogens (primary N) is 2. The van der Waals surface area contributed by atoms with Gasteiger partial charge in [0.15, 0.2) is 11.5 Å². The van der Waals surface area contributed by atoms with E-state index in [-0.39, 0.29) is 29.5 Å². The molecule has 2 aromatic heterocycles. The third-order valence-corrected chi connectivity index (χ3v) is 4.44. The van der Waals surface area contributed by atoms with Gasteiger partial charge in [0.1, 0.15) is 0 Å². The van der Waals surface area contributed by atoms with E-state index in [4.69, 9.17) is 16.2 Å². The molecule has 10 heteroatoms. The second-order valence-corrected chi connectivity index (χ2v) is 6.74. The number of fused-ring (bicyclic) bond motifs is 1. The van der Waals surface area contributed by atoms with Crippen LogP contribution >= 0.6 is 0 Å². The Morgan fingerprint density at radius 2 is 2.10 bits per heavy atom. The van der Waals surface area contributed by atoms with Gasteiger partial charge in [0, 0.05) is 36.5 Å². The highest BCUT2D eigenvalue weighted by Gasteiger charge is 2.18. The molecule has 1 amide bonds. The van der Waals surface area contributed by atoms with Crippen LogP contribution in [0.4, 0.5) is 17.5 Å². The van der Waals surface area contributed by atoms with Gasteiger partial charge < -0.3 is 26.8 Å². The van der Waals surface area contributed by atoms with Crippen molar-refractivity contribution in [2.24, 2.45) is 11.5 Å². The molecule has 2 atom stereocenters. The number of carbonyl (C=O) groups excluding carboxylic acids is 1. The van der Waals surface area contributed by atoms with E-state index in [1.807, 2.05) is 38.1 Å². The van der Waals surface area contributed by atoms with Crippen LogP contribution in [-0.2, 0) is 4.74 Å². The predicted molar refractivity (Wildman–Crippen MR) is 111 cm³/mol. The van der Waals surface area contributed by atoms with Crippen LogP contribution < -0.4 is 22.1 Å². The normalized spacial score (nSPS) is 13.1. The van der Waals surface area contributed by atoms with E-state index in [2.05, 4.69) is 30.8 Å². The van der Waals surface area contributed by atoms with Gasteiger partial charge >= 0.3 is 0 Å². The minimum absolute atomic E-state index is 0.0617. The van der Waals surface area contributed by atoms with E-state index in [1.165, 1.54) is 0 Å². The van der Waals surface area contributed by atoms with Gasteiger partial charge in [-0.2, -0.15) is 4.98 Å². The number of nitrogens with zero attached hydrogens (tertiary/aromatic N) is 4. The molecule has 152 valence electrons. The van der Waals surface area contributed by atoms with Crippen molar-refractivity contribution in [3.8, 4) is 0 Å². The van der Waals surface area contributed by atoms with Crippen LogP contribution in [0.3, 0.4) is 0 Å². The largest absolute Gasteiger partial charge is 0.383 e. The first-order chi connectivity index (χ1) is 13.9. The lowest BCUT2D eigenvalue weighted by molar-refractivity contribution is 0.0995. The predicted octanol–water partition coefficient (Wildman–Crippen LogP) is 1.34. The number of nitrogens with one attached hydrogen (secondary N) is 2. The lowest BCUT2D eigenvalue weighted by Crippen LogP contribution is -2.41. The van der Waals surface area contributed by atoms with Gasteiger partial charge in [0.25, 0.3) is 5.91 Å². The molecule has 0 saturated heterocycles. The van der Waals surface area contributed by atoms with Crippen molar-refractivity contribution in [3.63, 3.8) is 0 Å². The number of primary amides is 1. The van der Waals surface area contributed by atoms with Crippen LogP contribution in [-0.4, -0.2) is 51.9 Å². The van der Waals surface area contributed by atoms with Crippen LogP contribution in [0.15, 0.2) is 30.5 Å². The first-order valence-electron chi connectivity index (χ1n) is 9.07. The first kappa shape index (κ1) is 20.4. The lowest BCUT2D eigenvalue weighted by Gasteiger charge is -2.20. The minimum Gasteiger partial charge on any atom is -0.383 e. The van der Waals surface area contributed by atoms with E-state index in [9.17, 15) is 4.79 Å². The molecule has 0 bridgehead atoms. The standard InChI is InChI=1S/C19H24N8O2/c1-10-7-13(8-12-5-4-6-22-15(10)12)24-18-16(17(21)28)26-27-19(25-18)23-11(2)14(20)9-29-3/h4-8,11,14H,9,20H2,1-3H3,(H2,21,28)(H2,23,24,25,27)/t11-,14+/m1/s1. The summed E-state index contributed by atoms with van der Waals surface area (Å²) in [5, 5.41) is 15.0. The fraction of sp³-hybridized carbons (Fsp3) is 0.316. The molecule has 0 radical (unpaired) electrons. The zero-order chi connectivity index (χ0) is 21.0. The third kappa shape index (κ3) is 4.73. The summed E-state index contributed by atoms with van der Waals surface area (Å²) in [4.78, 5) is 20.5. The van der Waals surface area contributed by atoms with Crippen molar-refractivity contribution >= 4 is 34.3 Å². The maximum Gasteiger partial charge on any atom is 0.273 e. The Morgan fingerprint density at radius 3 is 2.83 bits per heavy atom. The fourth-order valence-electron chi connectivity index (χ4n) is 2.87. The van der Waals surface area contributed by atoms with Crippen LogP contribution in [0.25, 0.3) is 10.9 Å². The number of carbonyl (C=O) groups is 1. The number of rotatable bonds is 8. The number of amides is 1. The van der Waals surface area contributed by atoms with Crippen molar-refractivity contribution in [2.45, 2.75) is 25.9 Å². The number of ether oxygens (including phenoxy) is 1. The molecule has 0 fully saturated rings. The highest BCUT2D eigenvalue weighted by molar-refractivity contribution is 5.96. The molecule has 10 nitrogen and oxygen atoms in total. The second kappa shape index (κ2) is 8.76. The quantitative estimate of drug-likeness (QED) is 0.441. The third-order valence-electron chi connectivity index (χ3n) is 4.44. The molecule has 29 heavy (non-hydrogen) atoms. The van der Waals surface area contributed by atoms with Gasteiger partial charge in [0.05, 0.1) is 12.1 Å². The number of aryl methyl sites for hydroxylation is 1. The summed E-state index contributed by atoms with van der Waals surface area (Å²) in [6.45, 7) is 4.21. The summed E-state index contributed by atoms with van der Waals surface area (Å²) >= 11 is 0. The Bertz CT molecular complexity index is 1030. The summed E-state index contributed by atoms with van der Waals surface area (Å²) in [7, 11) is 1.58. The summed E-state index contributed by atoms with van der Waals surface area (Å²) in [6, 6.07) is 7.18. The highest BCUT2D eigenvalue weighted by atomic mass is 16.5. The Morgan fingerprint density at radius 1 is 1.31 bits per heavy atom. The van der Waals surface area contributed by atoms with E-state index < -0.39 is 5.91 Å². The second-order valence-electron chi connectivity index (χ2n) is 6.74. The molecule has 0 aliphatic rings. The maximum absolute atomic E-state index is 11.8. The molecule has 3 rings (SSSR count). The monoisotopic (exact) mass is 396 g/mol. The number of pyridine rings is 1. The number of aromatic nitrogens is 4. The Labute approximate surface area is 168 Å². The topological polar surface area (TPSA) is 154 Å². The van der Waals surface area contributed by atoms with Crippen molar-refractivity contribution in [2.75, 3.05) is 24.4 Å². The number of hydrogen-bond acceptors (Lipinski definition) is 9. The zero-order valence-electron chi connectivity index (χ0n) is 16.5. The van der Waals surface area contributed by atoms with E-state index in [1.54, 1.807) is 13.3 Å². The van der Waals surface area contributed by atoms with Gasteiger partial charge in [-0.15, -0.1) is 10.2 Å². The molecule has 0 aliphatic carbocycles. The highest BCUT2D eigenvalue weighted by Crippen LogP contribution is 2.25. The van der Waals surface area contributed by atoms with Crippen LogP contribution in [0, 0.1) is 6.92 Å². The van der Waals surface area contributed by atoms with Gasteiger partial charge in [-0.1, -0.05) is 6.07 Å². The molecule has 0 unspecified atom stereocenters. The van der Waals surface area contributed by atoms with Crippen LogP contribution in [0.2, 0.25) is 0 Å². The molecular weight excluding hydrogens is 372 g/mol. The average molecular weight is 396 g/mol. The van der Waals surface area contributed by atoms with Crippen molar-refractivity contribution < 1.29 is 9.53 Å². The van der Waals surface area contributed by atoms with Crippen molar-refractivity contribution in [1.29, 1.82) is 0 Å². The molecular formula is C19H24N8O2.